The van der Waals surface area contributed by atoms with E-state index >= 15 is 0 Å². The maximum Gasteiger partial charge on any atom is 0.267 e. The standard InChI is InChI=1S/C19H19N3O2/c1-2-22-17-10-8-15(9-11-19(23)21-24)12-16(17)20-18(22)13-14-6-4-3-5-7-14/h3-12,24H,2,13H2,1H3,(H,21,23). The summed E-state index contributed by atoms with van der Waals surface area (Å²) in [5.41, 5.74) is 5.63. The Balaban J connectivity index is 1.96. The summed E-state index contributed by atoms with van der Waals surface area (Å²) in [6.45, 7) is 2.95. The number of amides is 1. The Morgan fingerprint density at radius 1 is 1.25 bits per heavy atom. The van der Waals surface area contributed by atoms with Crippen molar-refractivity contribution in [3.63, 3.8) is 0 Å². The number of imidazole rings is 1. The molecule has 5 heteroatoms. The number of carbonyl (C=O) groups excluding carboxylic acids is 1. The molecule has 122 valence electrons. The third kappa shape index (κ3) is 3.36. The van der Waals surface area contributed by atoms with Gasteiger partial charge in [-0.05, 0) is 36.3 Å². The van der Waals surface area contributed by atoms with E-state index in [4.69, 9.17) is 10.2 Å². The number of hydrogen-bond acceptors (Lipinski definition) is 3. The summed E-state index contributed by atoms with van der Waals surface area (Å²) in [4.78, 5) is 15.9. The molecule has 3 rings (SSSR count). The molecule has 1 amide bonds. The van der Waals surface area contributed by atoms with E-state index in [-0.39, 0.29) is 0 Å². The monoisotopic (exact) mass is 321 g/mol. The van der Waals surface area contributed by atoms with Gasteiger partial charge in [-0.2, -0.15) is 0 Å². The van der Waals surface area contributed by atoms with Gasteiger partial charge in [-0.3, -0.25) is 10.0 Å². The van der Waals surface area contributed by atoms with Gasteiger partial charge in [0, 0.05) is 19.0 Å². The molecule has 2 N–H and O–H groups in total. The summed E-state index contributed by atoms with van der Waals surface area (Å²) in [7, 11) is 0. The van der Waals surface area contributed by atoms with Gasteiger partial charge in [0.2, 0.25) is 0 Å². The van der Waals surface area contributed by atoms with Crippen molar-refractivity contribution in [2.75, 3.05) is 0 Å². The molecule has 3 aromatic rings. The first-order valence-corrected chi connectivity index (χ1v) is 7.86. The number of benzene rings is 2. The van der Waals surface area contributed by atoms with Gasteiger partial charge in [-0.1, -0.05) is 36.4 Å². The van der Waals surface area contributed by atoms with Crippen molar-refractivity contribution in [3.05, 3.63) is 71.6 Å². The van der Waals surface area contributed by atoms with E-state index in [1.165, 1.54) is 11.6 Å². The van der Waals surface area contributed by atoms with Crippen molar-refractivity contribution in [1.82, 2.24) is 15.0 Å². The molecule has 0 radical (unpaired) electrons. The number of hydrogen-bond donors (Lipinski definition) is 2. The predicted molar refractivity (Wildman–Crippen MR) is 93.6 cm³/mol. The summed E-state index contributed by atoms with van der Waals surface area (Å²) >= 11 is 0. The fraction of sp³-hybridized carbons (Fsp3) is 0.158. The normalized spacial score (nSPS) is 11.2. The average molecular weight is 321 g/mol. The lowest BCUT2D eigenvalue weighted by Crippen LogP contribution is -2.14. The van der Waals surface area contributed by atoms with Crippen LogP contribution in [0.15, 0.2) is 54.6 Å². The fourth-order valence-electron chi connectivity index (χ4n) is 2.78. The quantitative estimate of drug-likeness (QED) is 0.431. The van der Waals surface area contributed by atoms with Crippen molar-refractivity contribution >= 4 is 23.0 Å². The van der Waals surface area contributed by atoms with Gasteiger partial charge in [0.1, 0.15) is 5.82 Å². The van der Waals surface area contributed by atoms with Crippen molar-refractivity contribution in [2.45, 2.75) is 19.9 Å². The number of nitrogens with one attached hydrogen (secondary N) is 1. The minimum absolute atomic E-state index is 0.557. The van der Waals surface area contributed by atoms with Crippen LogP contribution in [0.5, 0.6) is 0 Å². The van der Waals surface area contributed by atoms with Crippen LogP contribution < -0.4 is 5.48 Å². The molecular weight excluding hydrogens is 302 g/mol. The van der Waals surface area contributed by atoms with Crippen LogP contribution >= 0.6 is 0 Å². The predicted octanol–water partition coefficient (Wildman–Crippen LogP) is 3.17. The van der Waals surface area contributed by atoms with Crippen molar-refractivity contribution in [1.29, 1.82) is 0 Å². The van der Waals surface area contributed by atoms with E-state index in [9.17, 15) is 4.79 Å². The molecule has 1 aromatic heterocycles. The largest absolute Gasteiger partial charge is 0.328 e. The summed E-state index contributed by atoms with van der Waals surface area (Å²) in [6.07, 6.45) is 3.71. The summed E-state index contributed by atoms with van der Waals surface area (Å²) in [5.74, 6) is 0.465. The molecule has 0 aliphatic carbocycles. The first-order valence-electron chi connectivity index (χ1n) is 7.86. The lowest BCUT2D eigenvalue weighted by molar-refractivity contribution is -0.124. The van der Waals surface area contributed by atoms with Crippen LogP contribution in [-0.2, 0) is 17.8 Å². The Morgan fingerprint density at radius 3 is 2.75 bits per heavy atom. The van der Waals surface area contributed by atoms with Gasteiger partial charge >= 0.3 is 0 Å². The van der Waals surface area contributed by atoms with E-state index in [1.807, 2.05) is 36.4 Å². The van der Waals surface area contributed by atoms with Crippen LogP contribution in [0.2, 0.25) is 0 Å². The molecule has 0 fully saturated rings. The Morgan fingerprint density at radius 2 is 2.04 bits per heavy atom. The maximum atomic E-state index is 11.1. The molecule has 24 heavy (non-hydrogen) atoms. The number of fused-ring (bicyclic) bond motifs is 1. The molecule has 0 aliphatic rings. The lowest BCUT2D eigenvalue weighted by Gasteiger charge is -2.06. The van der Waals surface area contributed by atoms with Crippen LogP contribution in [0.1, 0.15) is 23.9 Å². The van der Waals surface area contributed by atoms with Gasteiger partial charge in [0.25, 0.3) is 5.91 Å². The van der Waals surface area contributed by atoms with Gasteiger partial charge in [0.15, 0.2) is 0 Å². The smallest absolute Gasteiger partial charge is 0.267 e. The average Bonchev–Trinajstić information content (AvgIpc) is 2.96. The van der Waals surface area contributed by atoms with Crippen molar-refractivity contribution in [3.8, 4) is 0 Å². The van der Waals surface area contributed by atoms with Crippen LogP contribution in [0.4, 0.5) is 0 Å². The summed E-state index contributed by atoms with van der Waals surface area (Å²) in [5, 5.41) is 8.53. The summed E-state index contributed by atoms with van der Waals surface area (Å²) in [6, 6.07) is 16.2. The molecule has 2 aromatic carbocycles. The number of nitrogens with zero attached hydrogens (tertiary/aromatic N) is 2. The first kappa shape index (κ1) is 16.0. The van der Waals surface area contributed by atoms with Crippen LogP contribution in [0, 0.1) is 0 Å². The zero-order valence-corrected chi connectivity index (χ0v) is 13.4. The van der Waals surface area contributed by atoms with Crippen molar-refractivity contribution < 1.29 is 10.0 Å². The highest BCUT2D eigenvalue weighted by atomic mass is 16.5. The number of aryl methyl sites for hydroxylation is 1. The minimum atomic E-state index is -0.557. The molecule has 0 unspecified atom stereocenters. The molecule has 0 spiro atoms. The second-order valence-electron chi connectivity index (χ2n) is 5.49. The minimum Gasteiger partial charge on any atom is -0.328 e. The third-order valence-electron chi connectivity index (χ3n) is 3.91. The zero-order valence-electron chi connectivity index (χ0n) is 13.4. The molecule has 0 saturated heterocycles. The second kappa shape index (κ2) is 7.10. The molecule has 5 nitrogen and oxygen atoms in total. The Kier molecular flexibility index (Phi) is 4.72. The lowest BCUT2D eigenvalue weighted by atomic mass is 10.1. The highest BCUT2D eigenvalue weighted by Gasteiger charge is 2.10. The number of carbonyl (C=O) groups is 1. The number of aromatic nitrogens is 2. The highest BCUT2D eigenvalue weighted by molar-refractivity contribution is 5.91. The second-order valence-corrected chi connectivity index (χ2v) is 5.49. The number of rotatable bonds is 5. The van der Waals surface area contributed by atoms with Gasteiger partial charge in [-0.25, -0.2) is 10.5 Å². The Bertz CT molecular complexity index is 882. The van der Waals surface area contributed by atoms with E-state index in [2.05, 4.69) is 23.6 Å². The summed E-state index contributed by atoms with van der Waals surface area (Å²) < 4.78 is 2.20. The van der Waals surface area contributed by atoms with E-state index in [0.717, 1.165) is 35.4 Å². The third-order valence-corrected chi connectivity index (χ3v) is 3.91. The Hall–Kier alpha value is -2.92. The van der Waals surface area contributed by atoms with Crippen LogP contribution in [-0.4, -0.2) is 20.7 Å². The first-order chi connectivity index (χ1) is 11.7. The van der Waals surface area contributed by atoms with E-state index in [1.54, 1.807) is 11.6 Å². The van der Waals surface area contributed by atoms with E-state index < -0.39 is 5.91 Å². The van der Waals surface area contributed by atoms with E-state index in [0.29, 0.717) is 0 Å². The molecule has 1 heterocycles. The zero-order chi connectivity index (χ0) is 16.9. The molecule has 0 atom stereocenters. The SMILES string of the molecule is CCn1c(Cc2ccccc2)nc2cc(C=CC(=O)NO)ccc21. The fourth-order valence-corrected chi connectivity index (χ4v) is 2.78. The van der Waals surface area contributed by atoms with Crippen LogP contribution in [0.25, 0.3) is 17.1 Å². The van der Waals surface area contributed by atoms with Crippen LogP contribution in [0.3, 0.4) is 0 Å². The molecular formula is C19H19N3O2. The topological polar surface area (TPSA) is 67.2 Å². The molecule has 0 aliphatic heterocycles. The maximum absolute atomic E-state index is 11.1. The highest BCUT2D eigenvalue weighted by Crippen LogP contribution is 2.20. The van der Waals surface area contributed by atoms with Gasteiger partial charge in [0.05, 0.1) is 11.0 Å². The number of hydroxylamine groups is 1. The van der Waals surface area contributed by atoms with Crippen molar-refractivity contribution in [2.24, 2.45) is 0 Å². The molecule has 0 saturated carbocycles. The Labute approximate surface area is 140 Å². The van der Waals surface area contributed by atoms with Gasteiger partial charge < -0.3 is 4.57 Å². The van der Waals surface area contributed by atoms with Gasteiger partial charge in [-0.15, -0.1) is 0 Å². The molecule has 0 bridgehead atoms.